The van der Waals surface area contributed by atoms with E-state index in [-0.39, 0.29) is 6.61 Å². The van der Waals surface area contributed by atoms with Crippen molar-refractivity contribution in [1.82, 2.24) is 4.98 Å². The van der Waals surface area contributed by atoms with Gasteiger partial charge < -0.3 is 9.84 Å². The maximum Gasteiger partial charge on any atom is 0.151 e. The minimum absolute atomic E-state index is 0.156. The first-order valence-corrected chi connectivity index (χ1v) is 5.66. The second kappa shape index (κ2) is 5.25. The van der Waals surface area contributed by atoms with Gasteiger partial charge in [-0.2, -0.15) is 0 Å². The van der Waals surface area contributed by atoms with Crippen LogP contribution in [-0.4, -0.2) is 10.1 Å². The lowest BCUT2D eigenvalue weighted by Gasteiger charge is -2.09. The molecule has 0 saturated carbocycles. The van der Waals surface area contributed by atoms with E-state index >= 15 is 0 Å². The van der Waals surface area contributed by atoms with Gasteiger partial charge in [0.2, 0.25) is 0 Å². The number of pyridine rings is 1. The number of aliphatic hydroxyl groups is 1. The predicted octanol–water partition coefficient (Wildman–Crippen LogP) is 3.27. The number of ether oxygens (including phenoxy) is 1. The Morgan fingerprint density at radius 1 is 1.35 bits per heavy atom. The van der Waals surface area contributed by atoms with Crippen LogP contribution >= 0.6 is 15.9 Å². The van der Waals surface area contributed by atoms with E-state index in [0.717, 1.165) is 0 Å². The van der Waals surface area contributed by atoms with Crippen LogP contribution in [0.4, 0.5) is 4.39 Å². The number of hydrogen-bond acceptors (Lipinski definition) is 3. The van der Waals surface area contributed by atoms with Gasteiger partial charge in [-0.3, -0.25) is 4.98 Å². The molecule has 0 aliphatic rings. The average molecular weight is 298 g/mol. The standard InChI is InChI=1S/C12H9BrFNO2/c13-10-2-1-9(5-11(10)14)17-12-6-15-4-3-8(12)7-16/h1-6,16H,7H2. The third-order valence-corrected chi connectivity index (χ3v) is 2.80. The third kappa shape index (κ3) is 2.81. The highest BCUT2D eigenvalue weighted by atomic mass is 79.9. The zero-order valence-corrected chi connectivity index (χ0v) is 10.3. The average Bonchev–Trinajstić information content (AvgIpc) is 2.34. The Morgan fingerprint density at radius 2 is 2.18 bits per heavy atom. The zero-order valence-electron chi connectivity index (χ0n) is 8.73. The summed E-state index contributed by atoms with van der Waals surface area (Å²) < 4.78 is 19.1. The molecule has 1 aromatic heterocycles. The first kappa shape index (κ1) is 12.0. The lowest BCUT2D eigenvalue weighted by Crippen LogP contribution is -1.93. The topological polar surface area (TPSA) is 42.4 Å². The van der Waals surface area contributed by atoms with E-state index < -0.39 is 5.82 Å². The van der Waals surface area contributed by atoms with Crippen LogP contribution in [0.25, 0.3) is 0 Å². The Bertz CT molecular complexity index is 534. The maximum atomic E-state index is 13.3. The Kier molecular flexibility index (Phi) is 3.71. The number of aromatic nitrogens is 1. The molecular weight excluding hydrogens is 289 g/mol. The van der Waals surface area contributed by atoms with Gasteiger partial charge in [0.15, 0.2) is 5.75 Å². The van der Waals surface area contributed by atoms with Crippen molar-refractivity contribution in [3.05, 3.63) is 52.5 Å². The molecule has 0 atom stereocenters. The Morgan fingerprint density at radius 3 is 2.88 bits per heavy atom. The minimum Gasteiger partial charge on any atom is -0.455 e. The van der Waals surface area contributed by atoms with Crippen LogP contribution in [0, 0.1) is 5.82 Å². The van der Waals surface area contributed by atoms with E-state index in [0.29, 0.717) is 21.5 Å². The molecule has 5 heteroatoms. The van der Waals surface area contributed by atoms with E-state index in [4.69, 9.17) is 9.84 Å². The molecule has 0 aliphatic carbocycles. The smallest absolute Gasteiger partial charge is 0.151 e. The van der Waals surface area contributed by atoms with Crippen LogP contribution in [-0.2, 0) is 6.61 Å². The monoisotopic (exact) mass is 297 g/mol. The molecule has 1 heterocycles. The van der Waals surface area contributed by atoms with Crippen molar-refractivity contribution in [3.63, 3.8) is 0 Å². The van der Waals surface area contributed by atoms with Crippen LogP contribution in [0.1, 0.15) is 5.56 Å². The fraction of sp³-hybridized carbons (Fsp3) is 0.0833. The molecule has 2 aromatic rings. The molecule has 0 radical (unpaired) electrons. The second-order valence-corrected chi connectivity index (χ2v) is 4.17. The Balaban J connectivity index is 2.28. The molecule has 0 aliphatic heterocycles. The lowest BCUT2D eigenvalue weighted by atomic mass is 10.2. The molecule has 0 saturated heterocycles. The highest BCUT2D eigenvalue weighted by Crippen LogP contribution is 2.27. The number of halogens is 2. The Labute approximate surface area is 106 Å². The lowest BCUT2D eigenvalue weighted by molar-refractivity contribution is 0.276. The number of nitrogens with zero attached hydrogens (tertiary/aromatic N) is 1. The summed E-state index contributed by atoms with van der Waals surface area (Å²) in [7, 11) is 0. The molecule has 1 N–H and O–H groups in total. The minimum atomic E-state index is -0.406. The Hall–Kier alpha value is -1.46. The van der Waals surface area contributed by atoms with Crippen molar-refractivity contribution >= 4 is 15.9 Å². The molecule has 0 bridgehead atoms. The molecular formula is C12H9BrFNO2. The van der Waals surface area contributed by atoms with Crippen molar-refractivity contribution < 1.29 is 14.2 Å². The molecule has 88 valence electrons. The maximum absolute atomic E-state index is 13.3. The van der Waals surface area contributed by atoms with E-state index in [1.807, 2.05) is 0 Å². The van der Waals surface area contributed by atoms with Crippen LogP contribution in [0.2, 0.25) is 0 Å². The molecule has 2 rings (SSSR count). The van der Waals surface area contributed by atoms with Gasteiger partial charge in [0, 0.05) is 17.8 Å². The summed E-state index contributed by atoms with van der Waals surface area (Å²) in [5.41, 5.74) is 0.600. The first-order chi connectivity index (χ1) is 8.20. The number of rotatable bonds is 3. The summed E-state index contributed by atoms with van der Waals surface area (Å²) in [6.07, 6.45) is 3.03. The number of aliphatic hydroxyl groups excluding tert-OH is 1. The van der Waals surface area contributed by atoms with Gasteiger partial charge in [-0.15, -0.1) is 0 Å². The van der Waals surface area contributed by atoms with E-state index in [9.17, 15) is 4.39 Å². The predicted molar refractivity (Wildman–Crippen MR) is 64.3 cm³/mol. The fourth-order valence-electron chi connectivity index (χ4n) is 1.30. The molecule has 1 aromatic carbocycles. The van der Waals surface area contributed by atoms with Crippen molar-refractivity contribution in [1.29, 1.82) is 0 Å². The summed E-state index contributed by atoms with van der Waals surface area (Å²) >= 11 is 3.06. The first-order valence-electron chi connectivity index (χ1n) is 4.87. The zero-order chi connectivity index (χ0) is 12.3. The van der Waals surface area contributed by atoms with Gasteiger partial charge in [0.05, 0.1) is 17.3 Å². The van der Waals surface area contributed by atoms with Gasteiger partial charge in [-0.25, -0.2) is 4.39 Å². The van der Waals surface area contributed by atoms with E-state index in [1.54, 1.807) is 24.4 Å². The van der Waals surface area contributed by atoms with Gasteiger partial charge in [0.1, 0.15) is 11.6 Å². The van der Waals surface area contributed by atoms with Crippen LogP contribution in [0.3, 0.4) is 0 Å². The molecule has 3 nitrogen and oxygen atoms in total. The van der Waals surface area contributed by atoms with E-state index in [2.05, 4.69) is 20.9 Å². The van der Waals surface area contributed by atoms with Crippen molar-refractivity contribution in [2.45, 2.75) is 6.61 Å². The molecule has 0 amide bonds. The molecule has 0 unspecified atom stereocenters. The van der Waals surface area contributed by atoms with Gasteiger partial charge >= 0.3 is 0 Å². The highest BCUT2D eigenvalue weighted by molar-refractivity contribution is 9.10. The van der Waals surface area contributed by atoms with Crippen molar-refractivity contribution in [2.24, 2.45) is 0 Å². The quantitative estimate of drug-likeness (QED) is 0.945. The fourth-order valence-corrected chi connectivity index (χ4v) is 1.55. The number of hydrogen-bond donors (Lipinski definition) is 1. The van der Waals surface area contributed by atoms with Crippen LogP contribution in [0.15, 0.2) is 41.1 Å². The van der Waals surface area contributed by atoms with E-state index in [1.165, 1.54) is 12.3 Å². The second-order valence-electron chi connectivity index (χ2n) is 3.32. The van der Waals surface area contributed by atoms with Crippen LogP contribution in [0.5, 0.6) is 11.5 Å². The summed E-state index contributed by atoms with van der Waals surface area (Å²) in [4.78, 5) is 3.89. The van der Waals surface area contributed by atoms with Crippen molar-refractivity contribution in [3.8, 4) is 11.5 Å². The SMILES string of the molecule is OCc1ccncc1Oc1ccc(Br)c(F)c1. The van der Waals surface area contributed by atoms with Gasteiger partial charge in [-0.05, 0) is 34.1 Å². The number of benzene rings is 1. The molecule has 0 spiro atoms. The van der Waals surface area contributed by atoms with Gasteiger partial charge in [0.25, 0.3) is 0 Å². The summed E-state index contributed by atoms with van der Waals surface area (Å²) in [6.45, 7) is -0.156. The van der Waals surface area contributed by atoms with Gasteiger partial charge in [-0.1, -0.05) is 0 Å². The summed E-state index contributed by atoms with van der Waals surface area (Å²) in [6, 6.07) is 6.09. The largest absolute Gasteiger partial charge is 0.455 e. The third-order valence-electron chi connectivity index (χ3n) is 2.16. The molecule has 0 fully saturated rings. The van der Waals surface area contributed by atoms with Crippen LogP contribution < -0.4 is 4.74 Å². The molecule has 17 heavy (non-hydrogen) atoms. The summed E-state index contributed by atoms with van der Waals surface area (Å²) in [5, 5.41) is 9.11. The highest BCUT2D eigenvalue weighted by Gasteiger charge is 2.06. The van der Waals surface area contributed by atoms with Crippen molar-refractivity contribution in [2.75, 3.05) is 0 Å². The summed E-state index contributed by atoms with van der Waals surface area (Å²) in [5.74, 6) is 0.363. The normalized spacial score (nSPS) is 10.3.